The molecule has 0 aromatic heterocycles. The topological polar surface area (TPSA) is 94.0 Å². The van der Waals surface area contributed by atoms with Crippen LogP contribution in [0.3, 0.4) is 0 Å². The van der Waals surface area contributed by atoms with Gasteiger partial charge in [-0.2, -0.15) is 5.26 Å². The lowest BCUT2D eigenvalue weighted by Crippen LogP contribution is -2.19. The number of nitriles is 1. The van der Waals surface area contributed by atoms with Crippen LogP contribution in [0.25, 0.3) is 6.08 Å². The van der Waals surface area contributed by atoms with Crippen LogP contribution in [-0.2, 0) is 4.79 Å². The maximum atomic E-state index is 12.3. The highest BCUT2D eigenvalue weighted by molar-refractivity contribution is 6.04. The Labute approximate surface area is 174 Å². The smallest absolute Gasteiger partial charge is 0.322 e. The summed E-state index contributed by atoms with van der Waals surface area (Å²) in [5.41, 5.74) is 3.81. The number of amides is 3. The van der Waals surface area contributed by atoms with Crippen molar-refractivity contribution in [1.82, 2.24) is 0 Å². The highest BCUT2D eigenvalue weighted by Gasteiger charge is 2.07. The van der Waals surface area contributed by atoms with Crippen molar-refractivity contribution in [2.75, 3.05) is 16.0 Å². The number of benzene rings is 3. The molecule has 3 N–H and O–H groups in total. The molecule has 0 spiro atoms. The van der Waals surface area contributed by atoms with Gasteiger partial charge < -0.3 is 16.0 Å². The van der Waals surface area contributed by atoms with Crippen molar-refractivity contribution in [3.05, 3.63) is 95.6 Å². The number of carbonyl (C=O) groups is 2. The molecule has 148 valence electrons. The van der Waals surface area contributed by atoms with Crippen LogP contribution < -0.4 is 16.0 Å². The normalized spacial score (nSPS) is 10.3. The number of hydrogen-bond donors (Lipinski definition) is 3. The molecule has 0 aliphatic heterocycles. The van der Waals surface area contributed by atoms with Gasteiger partial charge in [-0.15, -0.1) is 0 Å². The van der Waals surface area contributed by atoms with E-state index in [4.69, 9.17) is 5.26 Å². The van der Waals surface area contributed by atoms with Crippen LogP contribution in [0.2, 0.25) is 0 Å². The summed E-state index contributed by atoms with van der Waals surface area (Å²) in [5, 5.41) is 17.4. The zero-order valence-electron chi connectivity index (χ0n) is 16.3. The van der Waals surface area contributed by atoms with Crippen LogP contribution in [0.1, 0.15) is 16.7 Å². The third-order valence-corrected chi connectivity index (χ3v) is 4.28. The second-order valence-corrected chi connectivity index (χ2v) is 6.50. The maximum Gasteiger partial charge on any atom is 0.323 e. The summed E-state index contributed by atoms with van der Waals surface area (Å²) in [6.07, 6.45) is 2.97. The molecular weight excluding hydrogens is 376 g/mol. The van der Waals surface area contributed by atoms with Crippen LogP contribution >= 0.6 is 0 Å². The summed E-state index contributed by atoms with van der Waals surface area (Å²) < 4.78 is 0. The van der Waals surface area contributed by atoms with E-state index >= 15 is 0 Å². The highest BCUT2D eigenvalue weighted by Crippen LogP contribution is 2.21. The lowest BCUT2D eigenvalue weighted by atomic mass is 10.1. The first-order valence-corrected chi connectivity index (χ1v) is 9.27. The van der Waals surface area contributed by atoms with Gasteiger partial charge in [-0.25, -0.2) is 4.79 Å². The lowest BCUT2D eigenvalue weighted by Gasteiger charge is -2.11. The van der Waals surface area contributed by atoms with E-state index in [9.17, 15) is 9.59 Å². The number of nitrogens with zero attached hydrogens (tertiary/aromatic N) is 1. The standard InChI is InChI=1S/C24H20N4O2/c1-17-11-13-21(27-24(30)26-20-9-3-2-4-10-20)15-22(17)28-23(29)14-12-18-7-5-6-8-19(18)16-25/h2-15H,1H3,(H,28,29)(H2,26,27,30)/b14-12+. The fourth-order valence-corrected chi connectivity index (χ4v) is 2.73. The molecule has 0 fully saturated rings. The number of hydrogen-bond acceptors (Lipinski definition) is 3. The number of carbonyl (C=O) groups excluding carboxylic acids is 2. The van der Waals surface area contributed by atoms with Crippen LogP contribution in [0.4, 0.5) is 21.9 Å². The molecule has 0 bridgehead atoms. The van der Waals surface area contributed by atoms with Crippen LogP contribution in [-0.4, -0.2) is 11.9 Å². The average molecular weight is 396 g/mol. The summed E-state index contributed by atoms with van der Waals surface area (Å²) in [6, 6.07) is 23.1. The van der Waals surface area contributed by atoms with Gasteiger partial charge in [0.25, 0.3) is 0 Å². The molecule has 0 saturated carbocycles. The third-order valence-electron chi connectivity index (χ3n) is 4.28. The van der Waals surface area contributed by atoms with E-state index in [1.807, 2.05) is 31.2 Å². The predicted octanol–water partition coefficient (Wildman–Crippen LogP) is 5.16. The van der Waals surface area contributed by atoms with Crippen LogP contribution in [0, 0.1) is 18.3 Å². The Morgan fingerprint density at radius 1 is 0.867 bits per heavy atom. The Kier molecular flexibility index (Phi) is 6.59. The summed E-state index contributed by atoms with van der Waals surface area (Å²) >= 11 is 0. The quantitative estimate of drug-likeness (QED) is 0.520. The second kappa shape index (κ2) is 9.71. The van der Waals surface area contributed by atoms with Crippen LogP contribution in [0.15, 0.2) is 78.9 Å². The molecule has 30 heavy (non-hydrogen) atoms. The number of aryl methyl sites for hydroxylation is 1. The molecule has 6 heteroatoms. The third kappa shape index (κ3) is 5.57. The van der Waals surface area contributed by atoms with Crippen molar-refractivity contribution in [2.24, 2.45) is 0 Å². The monoisotopic (exact) mass is 396 g/mol. The number of anilines is 3. The number of para-hydroxylation sites is 1. The Morgan fingerprint density at radius 3 is 2.33 bits per heavy atom. The van der Waals surface area contributed by atoms with E-state index in [0.717, 1.165) is 5.56 Å². The highest BCUT2D eigenvalue weighted by atomic mass is 16.2. The van der Waals surface area contributed by atoms with E-state index in [1.165, 1.54) is 6.08 Å². The minimum absolute atomic E-state index is 0.336. The molecule has 0 atom stereocenters. The molecule has 0 aliphatic rings. The molecule has 6 nitrogen and oxygen atoms in total. The Bertz CT molecular complexity index is 1130. The summed E-state index contributed by atoms with van der Waals surface area (Å²) in [7, 11) is 0. The van der Waals surface area contributed by atoms with Crippen molar-refractivity contribution in [2.45, 2.75) is 6.92 Å². The predicted molar refractivity (Wildman–Crippen MR) is 119 cm³/mol. The second-order valence-electron chi connectivity index (χ2n) is 6.50. The Morgan fingerprint density at radius 2 is 1.57 bits per heavy atom. The van der Waals surface area contributed by atoms with E-state index in [1.54, 1.807) is 54.6 Å². The molecule has 3 rings (SSSR count). The fourth-order valence-electron chi connectivity index (χ4n) is 2.73. The molecule has 0 heterocycles. The van der Waals surface area contributed by atoms with Gasteiger partial charge in [0.05, 0.1) is 11.6 Å². The molecule has 3 aromatic rings. The van der Waals surface area contributed by atoms with Gasteiger partial charge in [-0.1, -0.05) is 42.5 Å². The van der Waals surface area contributed by atoms with E-state index in [0.29, 0.717) is 28.2 Å². The summed E-state index contributed by atoms with van der Waals surface area (Å²) in [5.74, 6) is -0.336. The van der Waals surface area contributed by atoms with Gasteiger partial charge in [-0.05, 0) is 54.5 Å². The lowest BCUT2D eigenvalue weighted by molar-refractivity contribution is -0.111. The van der Waals surface area contributed by atoms with Crippen molar-refractivity contribution in [3.63, 3.8) is 0 Å². The minimum Gasteiger partial charge on any atom is -0.322 e. The van der Waals surface area contributed by atoms with Gasteiger partial charge in [0.15, 0.2) is 0 Å². The molecule has 3 aromatic carbocycles. The summed E-state index contributed by atoms with van der Waals surface area (Å²) in [6.45, 7) is 1.86. The zero-order chi connectivity index (χ0) is 21.3. The minimum atomic E-state index is -0.379. The van der Waals surface area contributed by atoms with Crippen LogP contribution in [0.5, 0.6) is 0 Å². The molecule has 0 aliphatic carbocycles. The molecule has 0 radical (unpaired) electrons. The van der Waals surface area contributed by atoms with Gasteiger partial charge in [0.1, 0.15) is 0 Å². The number of rotatable bonds is 5. The Hall–Kier alpha value is -4.37. The Balaban J connectivity index is 1.66. The first-order chi connectivity index (χ1) is 14.5. The number of nitrogens with one attached hydrogen (secondary N) is 3. The molecule has 0 saturated heterocycles. The van der Waals surface area contributed by atoms with Gasteiger partial charge >= 0.3 is 6.03 Å². The van der Waals surface area contributed by atoms with Crippen molar-refractivity contribution >= 4 is 35.1 Å². The molecule has 3 amide bonds. The van der Waals surface area contributed by atoms with E-state index < -0.39 is 0 Å². The van der Waals surface area contributed by atoms with Crippen molar-refractivity contribution in [1.29, 1.82) is 5.26 Å². The fraction of sp³-hybridized carbons (Fsp3) is 0.0417. The molecular formula is C24H20N4O2. The van der Waals surface area contributed by atoms with Gasteiger partial charge in [-0.3, -0.25) is 4.79 Å². The van der Waals surface area contributed by atoms with E-state index in [2.05, 4.69) is 22.0 Å². The van der Waals surface area contributed by atoms with Crippen molar-refractivity contribution < 1.29 is 9.59 Å². The summed E-state index contributed by atoms with van der Waals surface area (Å²) in [4.78, 5) is 24.5. The van der Waals surface area contributed by atoms with Gasteiger partial charge in [0, 0.05) is 23.1 Å². The number of urea groups is 1. The van der Waals surface area contributed by atoms with Crippen molar-refractivity contribution in [3.8, 4) is 6.07 Å². The van der Waals surface area contributed by atoms with E-state index in [-0.39, 0.29) is 11.9 Å². The van der Waals surface area contributed by atoms with Gasteiger partial charge in [0.2, 0.25) is 5.91 Å². The largest absolute Gasteiger partial charge is 0.323 e. The maximum absolute atomic E-state index is 12.3. The first-order valence-electron chi connectivity index (χ1n) is 9.27. The SMILES string of the molecule is Cc1ccc(NC(=O)Nc2ccccc2)cc1NC(=O)/C=C/c1ccccc1C#N. The molecule has 0 unspecified atom stereocenters. The first kappa shape index (κ1) is 20.4. The average Bonchev–Trinajstić information content (AvgIpc) is 2.75. The zero-order valence-corrected chi connectivity index (χ0v) is 16.3.